The Labute approximate surface area is 229 Å². The lowest BCUT2D eigenvalue weighted by atomic mass is 10.1. The second-order valence-corrected chi connectivity index (χ2v) is 10.9. The molecule has 0 aliphatic carbocycles. The fraction of sp³-hybridized carbons (Fsp3) is 0.286. The summed E-state index contributed by atoms with van der Waals surface area (Å²) >= 11 is 6.04. The molecule has 3 aromatic carbocycles. The molecule has 0 spiro atoms. The summed E-state index contributed by atoms with van der Waals surface area (Å²) in [7, 11) is -2.67. The van der Waals surface area contributed by atoms with E-state index in [-0.39, 0.29) is 23.0 Å². The normalized spacial score (nSPS) is 11.9. The van der Waals surface area contributed by atoms with Gasteiger partial charge in [0.25, 0.3) is 10.0 Å². The minimum atomic E-state index is -4.16. The number of nitrogens with zero attached hydrogens (tertiary/aromatic N) is 2. The number of hydrogen-bond acceptors (Lipinski definition) is 5. The predicted octanol–water partition coefficient (Wildman–Crippen LogP) is 4.14. The largest absolute Gasteiger partial charge is 0.497 e. The Morgan fingerprint density at radius 1 is 0.974 bits per heavy atom. The molecule has 1 N–H and O–H groups in total. The SMILES string of the molecule is CCNC(=O)[C@@H](C)N(CCc1ccccc1)C(=O)CN(c1ccc(Cl)cc1)S(=O)(=O)c1ccc(OC)cc1. The van der Waals surface area contributed by atoms with E-state index in [1.807, 2.05) is 30.3 Å². The van der Waals surface area contributed by atoms with Crippen molar-refractivity contribution >= 4 is 39.1 Å². The van der Waals surface area contributed by atoms with E-state index in [1.54, 1.807) is 26.0 Å². The molecule has 0 saturated carbocycles. The third-order valence-electron chi connectivity index (χ3n) is 6.04. The zero-order valence-electron chi connectivity index (χ0n) is 21.6. The van der Waals surface area contributed by atoms with Crippen LogP contribution in [0.4, 0.5) is 5.69 Å². The van der Waals surface area contributed by atoms with Crippen molar-refractivity contribution in [1.29, 1.82) is 0 Å². The fourth-order valence-corrected chi connectivity index (χ4v) is 5.44. The van der Waals surface area contributed by atoms with Gasteiger partial charge in [-0.2, -0.15) is 0 Å². The minimum Gasteiger partial charge on any atom is -0.497 e. The average molecular weight is 558 g/mol. The quantitative estimate of drug-likeness (QED) is 0.361. The predicted molar refractivity (Wildman–Crippen MR) is 149 cm³/mol. The Morgan fingerprint density at radius 2 is 1.61 bits per heavy atom. The number of nitrogens with one attached hydrogen (secondary N) is 1. The van der Waals surface area contributed by atoms with Crippen molar-refractivity contribution in [1.82, 2.24) is 10.2 Å². The van der Waals surface area contributed by atoms with Crippen LogP contribution in [0.25, 0.3) is 0 Å². The number of anilines is 1. The Morgan fingerprint density at radius 3 is 2.18 bits per heavy atom. The first-order chi connectivity index (χ1) is 18.2. The summed E-state index contributed by atoms with van der Waals surface area (Å²) < 4.78 is 33.7. The third kappa shape index (κ3) is 7.26. The lowest BCUT2D eigenvalue weighted by Gasteiger charge is -2.32. The summed E-state index contributed by atoms with van der Waals surface area (Å²) in [5.41, 5.74) is 1.26. The maximum Gasteiger partial charge on any atom is 0.264 e. The number of amides is 2. The molecule has 0 heterocycles. The summed E-state index contributed by atoms with van der Waals surface area (Å²) in [5.74, 6) is -0.322. The highest BCUT2D eigenvalue weighted by Crippen LogP contribution is 2.27. The first-order valence-corrected chi connectivity index (χ1v) is 14.0. The second kappa shape index (κ2) is 13.3. The Balaban J connectivity index is 1.96. The number of carbonyl (C=O) groups is 2. The van der Waals surface area contributed by atoms with Crippen molar-refractivity contribution in [3.05, 3.63) is 89.4 Å². The molecule has 0 aliphatic rings. The van der Waals surface area contributed by atoms with E-state index < -0.39 is 28.5 Å². The van der Waals surface area contributed by atoms with E-state index >= 15 is 0 Å². The lowest BCUT2D eigenvalue weighted by molar-refractivity contribution is -0.138. The number of hydrogen-bond donors (Lipinski definition) is 1. The van der Waals surface area contributed by atoms with Gasteiger partial charge in [-0.1, -0.05) is 41.9 Å². The zero-order valence-corrected chi connectivity index (χ0v) is 23.2. The lowest BCUT2D eigenvalue weighted by Crippen LogP contribution is -2.52. The van der Waals surface area contributed by atoms with Crippen molar-refractivity contribution in [2.75, 3.05) is 31.0 Å². The smallest absolute Gasteiger partial charge is 0.264 e. The monoisotopic (exact) mass is 557 g/mol. The number of rotatable bonds is 12. The topological polar surface area (TPSA) is 96.0 Å². The van der Waals surface area contributed by atoms with Crippen LogP contribution in [-0.4, -0.2) is 57.9 Å². The van der Waals surface area contributed by atoms with Crippen LogP contribution in [0.15, 0.2) is 83.8 Å². The molecule has 0 bridgehead atoms. The highest BCUT2D eigenvalue weighted by atomic mass is 35.5. The van der Waals surface area contributed by atoms with Crippen LogP contribution < -0.4 is 14.4 Å². The molecular formula is C28H32ClN3O5S. The van der Waals surface area contributed by atoms with E-state index in [1.165, 1.54) is 48.4 Å². The van der Waals surface area contributed by atoms with Crippen LogP contribution in [0.3, 0.4) is 0 Å². The van der Waals surface area contributed by atoms with E-state index in [4.69, 9.17) is 16.3 Å². The molecule has 1 atom stereocenters. The minimum absolute atomic E-state index is 0.00587. The van der Waals surface area contributed by atoms with Gasteiger partial charge in [-0.3, -0.25) is 13.9 Å². The Hall–Kier alpha value is -3.56. The first kappa shape index (κ1) is 29.0. The summed E-state index contributed by atoms with van der Waals surface area (Å²) in [6.07, 6.45) is 0.502. The van der Waals surface area contributed by atoms with Crippen molar-refractivity contribution in [2.24, 2.45) is 0 Å². The molecule has 0 aromatic heterocycles. The van der Waals surface area contributed by atoms with Gasteiger partial charge in [0.1, 0.15) is 18.3 Å². The number of benzene rings is 3. The van der Waals surface area contributed by atoms with Crippen molar-refractivity contribution in [2.45, 2.75) is 31.2 Å². The maximum atomic E-state index is 13.8. The molecule has 38 heavy (non-hydrogen) atoms. The van der Waals surface area contributed by atoms with E-state index in [0.717, 1.165) is 9.87 Å². The number of sulfonamides is 1. The van der Waals surface area contributed by atoms with Gasteiger partial charge in [-0.25, -0.2) is 8.42 Å². The number of halogens is 1. The average Bonchev–Trinajstić information content (AvgIpc) is 2.93. The second-order valence-electron chi connectivity index (χ2n) is 8.56. The fourth-order valence-electron chi connectivity index (χ4n) is 3.90. The molecule has 8 nitrogen and oxygen atoms in total. The van der Waals surface area contributed by atoms with Gasteiger partial charge in [-0.05, 0) is 74.4 Å². The summed E-state index contributed by atoms with van der Waals surface area (Å²) in [6, 6.07) is 20.9. The number of ether oxygens (including phenoxy) is 1. The Bertz CT molecular complexity index is 1320. The van der Waals surface area contributed by atoms with Gasteiger partial charge >= 0.3 is 0 Å². The van der Waals surface area contributed by atoms with Crippen molar-refractivity contribution < 1.29 is 22.7 Å². The molecule has 2 amide bonds. The molecule has 0 aliphatic heterocycles. The van der Waals surface area contributed by atoms with Crippen molar-refractivity contribution in [3.63, 3.8) is 0 Å². The molecule has 10 heteroatoms. The molecule has 0 saturated heterocycles. The van der Waals surface area contributed by atoms with Crippen LogP contribution in [0.2, 0.25) is 5.02 Å². The highest BCUT2D eigenvalue weighted by Gasteiger charge is 2.32. The summed E-state index contributed by atoms with van der Waals surface area (Å²) in [4.78, 5) is 27.9. The van der Waals surface area contributed by atoms with Gasteiger partial charge < -0.3 is 15.0 Å². The van der Waals surface area contributed by atoms with E-state index in [2.05, 4.69) is 5.32 Å². The third-order valence-corrected chi connectivity index (χ3v) is 8.08. The van der Waals surface area contributed by atoms with Crippen LogP contribution in [-0.2, 0) is 26.0 Å². The molecular weight excluding hydrogens is 526 g/mol. The van der Waals surface area contributed by atoms with Gasteiger partial charge in [-0.15, -0.1) is 0 Å². The van der Waals surface area contributed by atoms with Gasteiger partial charge in [0, 0.05) is 18.1 Å². The van der Waals surface area contributed by atoms with Gasteiger partial charge in [0.05, 0.1) is 17.7 Å². The van der Waals surface area contributed by atoms with Gasteiger partial charge in [0.15, 0.2) is 0 Å². The van der Waals surface area contributed by atoms with E-state index in [9.17, 15) is 18.0 Å². The summed E-state index contributed by atoms with van der Waals surface area (Å²) in [6.45, 7) is 3.57. The summed E-state index contributed by atoms with van der Waals surface area (Å²) in [5, 5.41) is 3.17. The van der Waals surface area contributed by atoms with Crippen LogP contribution in [0.1, 0.15) is 19.4 Å². The Kier molecular flexibility index (Phi) is 10.2. The molecule has 0 radical (unpaired) electrons. The maximum absolute atomic E-state index is 13.8. The molecule has 3 rings (SSSR count). The van der Waals surface area contributed by atoms with Gasteiger partial charge in [0.2, 0.25) is 11.8 Å². The molecule has 202 valence electrons. The van der Waals surface area contributed by atoms with Crippen LogP contribution in [0, 0.1) is 0 Å². The molecule has 0 fully saturated rings. The van der Waals surface area contributed by atoms with E-state index in [0.29, 0.717) is 23.7 Å². The highest BCUT2D eigenvalue weighted by molar-refractivity contribution is 7.92. The van der Waals surface area contributed by atoms with Crippen LogP contribution >= 0.6 is 11.6 Å². The van der Waals surface area contributed by atoms with Crippen LogP contribution in [0.5, 0.6) is 5.75 Å². The number of methoxy groups -OCH3 is 1. The number of carbonyl (C=O) groups excluding carboxylic acids is 2. The first-order valence-electron chi connectivity index (χ1n) is 12.2. The zero-order chi connectivity index (χ0) is 27.7. The molecule has 0 unspecified atom stereocenters. The standard InChI is InChI=1S/C28H32ClN3O5S/c1-4-30-28(34)21(2)31(19-18-22-8-6-5-7-9-22)27(33)20-32(24-12-10-23(29)11-13-24)38(35,36)26-16-14-25(37-3)15-17-26/h5-17,21H,4,18-20H2,1-3H3,(H,30,34)/t21-/m1/s1. The molecule has 3 aromatic rings. The number of likely N-dealkylation sites (N-methyl/N-ethyl adjacent to an activating group) is 1. The van der Waals surface area contributed by atoms with Crippen molar-refractivity contribution in [3.8, 4) is 5.75 Å².